The van der Waals surface area contributed by atoms with Crippen molar-refractivity contribution in [2.45, 2.75) is 25.4 Å². The molecule has 1 saturated heterocycles. The molecule has 0 aliphatic carbocycles. The molecular weight excluding hydrogens is 180 g/mol. The number of aliphatic hydroxyl groups is 1. The summed E-state index contributed by atoms with van der Waals surface area (Å²) in [5, 5.41) is 8.87. The van der Waals surface area contributed by atoms with Crippen molar-refractivity contribution in [1.82, 2.24) is 9.88 Å². The van der Waals surface area contributed by atoms with Crippen molar-refractivity contribution < 1.29 is 9.52 Å². The number of hydrogen-bond acceptors (Lipinski definition) is 4. The van der Waals surface area contributed by atoms with Crippen LogP contribution in [0.25, 0.3) is 0 Å². The van der Waals surface area contributed by atoms with E-state index in [0.717, 1.165) is 25.4 Å². The fourth-order valence-corrected chi connectivity index (χ4v) is 1.95. The lowest BCUT2D eigenvalue weighted by Crippen LogP contribution is -2.30. The van der Waals surface area contributed by atoms with Gasteiger partial charge in [-0.1, -0.05) is 0 Å². The minimum Gasteiger partial charge on any atom is -0.448 e. The molecule has 4 heteroatoms. The van der Waals surface area contributed by atoms with E-state index in [0.29, 0.717) is 11.6 Å². The normalized spacial score (nSPS) is 24.0. The van der Waals surface area contributed by atoms with Gasteiger partial charge in [0.15, 0.2) is 5.89 Å². The monoisotopic (exact) mass is 196 g/mol. The number of likely N-dealkylation sites (tertiary alicyclic amines) is 1. The van der Waals surface area contributed by atoms with E-state index in [9.17, 15) is 0 Å². The van der Waals surface area contributed by atoms with E-state index in [1.807, 2.05) is 0 Å². The van der Waals surface area contributed by atoms with Crippen LogP contribution >= 0.6 is 0 Å². The van der Waals surface area contributed by atoms with Crippen molar-refractivity contribution >= 4 is 0 Å². The Balaban J connectivity index is 2.06. The lowest BCUT2D eigenvalue weighted by atomic mass is 9.98. The molecule has 1 aromatic rings. The van der Waals surface area contributed by atoms with Gasteiger partial charge in [-0.2, -0.15) is 0 Å². The van der Waals surface area contributed by atoms with Gasteiger partial charge in [0, 0.05) is 12.5 Å². The fraction of sp³-hybridized carbons (Fsp3) is 0.700. The topological polar surface area (TPSA) is 49.5 Å². The first-order valence-corrected chi connectivity index (χ1v) is 5.03. The number of aromatic nitrogens is 1. The van der Waals surface area contributed by atoms with Gasteiger partial charge in [0.25, 0.3) is 0 Å². The Morgan fingerprint density at radius 2 is 2.57 bits per heavy atom. The van der Waals surface area contributed by atoms with Crippen LogP contribution in [0.1, 0.15) is 30.3 Å². The summed E-state index contributed by atoms with van der Waals surface area (Å²) in [6.07, 6.45) is 3.87. The van der Waals surface area contributed by atoms with Crippen molar-refractivity contribution in [3.8, 4) is 0 Å². The van der Waals surface area contributed by atoms with E-state index in [2.05, 4.69) is 16.9 Å². The molecule has 1 unspecified atom stereocenters. The van der Waals surface area contributed by atoms with E-state index in [4.69, 9.17) is 9.52 Å². The molecule has 0 amide bonds. The largest absolute Gasteiger partial charge is 0.448 e. The standard InChI is InChI=1S/C10H16N2O2/c1-12-4-2-3-8(5-12)10-11-9(6-13)7-14-10/h7-8,13H,2-6H2,1H3. The second kappa shape index (κ2) is 4.11. The number of hydrogen-bond donors (Lipinski definition) is 1. The van der Waals surface area contributed by atoms with Gasteiger partial charge in [-0.25, -0.2) is 4.98 Å². The summed E-state index contributed by atoms with van der Waals surface area (Å²) in [4.78, 5) is 6.53. The highest BCUT2D eigenvalue weighted by Gasteiger charge is 2.22. The lowest BCUT2D eigenvalue weighted by Gasteiger charge is -2.27. The zero-order valence-electron chi connectivity index (χ0n) is 8.44. The van der Waals surface area contributed by atoms with Crippen LogP contribution in [-0.4, -0.2) is 35.1 Å². The fourth-order valence-electron chi connectivity index (χ4n) is 1.95. The lowest BCUT2D eigenvalue weighted by molar-refractivity contribution is 0.230. The number of likely N-dealkylation sites (N-methyl/N-ethyl adjacent to an activating group) is 1. The van der Waals surface area contributed by atoms with E-state index in [-0.39, 0.29) is 6.61 Å². The molecule has 78 valence electrons. The summed E-state index contributed by atoms with van der Waals surface area (Å²) >= 11 is 0. The number of rotatable bonds is 2. The molecule has 14 heavy (non-hydrogen) atoms. The zero-order chi connectivity index (χ0) is 9.97. The predicted molar refractivity (Wildman–Crippen MR) is 51.9 cm³/mol. The first kappa shape index (κ1) is 9.68. The average Bonchev–Trinajstić information content (AvgIpc) is 2.66. The van der Waals surface area contributed by atoms with Crippen LogP contribution in [0, 0.1) is 0 Å². The third-order valence-corrected chi connectivity index (χ3v) is 2.71. The van der Waals surface area contributed by atoms with E-state index in [1.54, 1.807) is 6.26 Å². The summed E-state index contributed by atoms with van der Waals surface area (Å²) in [5.74, 6) is 1.18. The molecule has 2 rings (SSSR count). The predicted octanol–water partition coefficient (Wildman–Crippen LogP) is 0.976. The van der Waals surface area contributed by atoms with Crippen molar-refractivity contribution in [2.24, 2.45) is 0 Å². The Morgan fingerprint density at radius 1 is 1.71 bits per heavy atom. The van der Waals surface area contributed by atoms with Crippen LogP contribution in [0.3, 0.4) is 0 Å². The van der Waals surface area contributed by atoms with Gasteiger partial charge in [0.05, 0.1) is 6.61 Å². The molecule has 0 spiro atoms. The molecule has 1 aromatic heterocycles. The molecule has 2 heterocycles. The SMILES string of the molecule is CN1CCCC(c2nc(CO)co2)C1. The van der Waals surface area contributed by atoms with Gasteiger partial charge in [-0.05, 0) is 26.4 Å². The van der Waals surface area contributed by atoms with Crippen LogP contribution in [0.5, 0.6) is 0 Å². The van der Waals surface area contributed by atoms with Crippen molar-refractivity contribution in [3.05, 3.63) is 17.8 Å². The van der Waals surface area contributed by atoms with Gasteiger partial charge in [0.1, 0.15) is 12.0 Å². The highest BCUT2D eigenvalue weighted by Crippen LogP contribution is 2.25. The quantitative estimate of drug-likeness (QED) is 0.766. The summed E-state index contributed by atoms with van der Waals surface area (Å²) in [6, 6.07) is 0. The molecule has 4 nitrogen and oxygen atoms in total. The summed E-state index contributed by atoms with van der Waals surface area (Å²) in [5.41, 5.74) is 0.633. The number of piperidine rings is 1. The molecule has 1 N–H and O–H groups in total. The van der Waals surface area contributed by atoms with Crippen molar-refractivity contribution in [3.63, 3.8) is 0 Å². The van der Waals surface area contributed by atoms with Crippen LogP contribution in [0.15, 0.2) is 10.7 Å². The molecule has 0 aromatic carbocycles. The summed E-state index contributed by atoms with van der Waals surface area (Å²) in [7, 11) is 2.11. The number of aliphatic hydroxyl groups excluding tert-OH is 1. The summed E-state index contributed by atoms with van der Waals surface area (Å²) in [6.45, 7) is 2.13. The van der Waals surface area contributed by atoms with E-state index < -0.39 is 0 Å². The second-order valence-corrected chi connectivity index (χ2v) is 3.94. The molecule has 1 aliphatic rings. The van der Waals surface area contributed by atoms with Crippen molar-refractivity contribution in [1.29, 1.82) is 0 Å². The van der Waals surface area contributed by atoms with Crippen LogP contribution in [0.2, 0.25) is 0 Å². The third-order valence-electron chi connectivity index (χ3n) is 2.71. The van der Waals surface area contributed by atoms with Gasteiger partial charge in [-0.3, -0.25) is 0 Å². The van der Waals surface area contributed by atoms with E-state index in [1.165, 1.54) is 6.42 Å². The van der Waals surface area contributed by atoms with Gasteiger partial charge >= 0.3 is 0 Å². The minimum absolute atomic E-state index is 0.0357. The minimum atomic E-state index is -0.0357. The second-order valence-electron chi connectivity index (χ2n) is 3.94. The Labute approximate surface area is 83.5 Å². The highest BCUT2D eigenvalue weighted by molar-refractivity contribution is 5.01. The Hall–Kier alpha value is -0.870. The molecule has 0 radical (unpaired) electrons. The molecule has 1 aliphatic heterocycles. The van der Waals surface area contributed by atoms with Gasteiger partial charge < -0.3 is 14.4 Å². The molecule has 1 atom stereocenters. The summed E-state index contributed by atoms with van der Waals surface area (Å²) < 4.78 is 5.35. The Bertz CT molecular complexity index is 298. The number of nitrogens with zero attached hydrogens (tertiary/aromatic N) is 2. The Kier molecular flexibility index (Phi) is 2.84. The maximum atomic E-state index is 8.87. The average molecular weight is 196 g/mol. The zero-order valence-corrected chi connectivity index (χ0v) is 8.44. The molecule has 0 saturated carbocycles. The Morgan fingerprint density at radius 3 is 3.21 bits per heavy atom. The van der Waals surface area contributed by atoms with E-state index >= 15 is 0 Å². The van der Waals surface area contributed by atoms with Gasteiger partial charge in [-0.15, -0.1) is 0 Å². The molecular formula is C10H16N2O2. The van der Waals surface area contributed by atoms with Crippen LogP contribution < -0.4 is 0 Å². The number of oxazole rings is 1. The smallest absolute Gasteiger partial charge is 0.198 e. The van der Waals surface area contributed by atoms with Crippen molar-refractivity contribution in [2.75, 3.05) is 20.1 Å². The first-order chi connectivity index (χ1) is 6.79. The third kappa shape index (κ3) is 1.96. The van der Waals surface area contributed by atoms with Gasteiger partial charge in [0.2, 0.25) is 0 Å². The van der Waals surface area contributed by atoms with Crippen LogP contribution in [-0.2, 0) is 6.61 Å². The first-order valence-electron chi connectivity index (χ1n) is 5.03. The molecule has 0 bridgehead atoms. The molecule has 1 fully saturated rings. The maximum Gasteiger partial charge on any atom is 0.198 e. The maximum absolute atomic E-state index is 8.87. The van der Waals surface area contributed by atoms with Crippen LogP contribution in [0.4, 0.5) is 0 Å². The highest BCUT2D eigenvalue weighted by atomic mass is 16.3.